The molecule has 2 aromatic carbocycles. The molecule has 3 nitrogen and oxygen atoms in total. The van der Waals surface area contributed by atoms with Gasteiger partial charge in [-0.15, -0.1) is 0 Å². The average molecular weight is 329 g/mol. The summed E-state index contributed by atoms with van der Waals surface area (Å²) in [6.07, 6.45) is 3.85. The van der Waals surface area contributed by atoms with Crippen LogP contribution in [0.5, 0.6) is 0 Å². The highest BCUT2D eigenvalue weighted by molar-refractivity contribution is 7.80. The summed E-state index contributed by atoms with van der Waals surface area (Å²) in [5.74, 6) is -0.322. The van der Waals surface area contributed by atoms with E-state index >= 15 is 0 Å². The van der Waals surface area contributed by atoms with Crippen LogP contribution in [0.4, 0.5) is 21.5 Å². The van der Waals surface area contributed by atoms with E-state index in [4.69, 9.17) is 12.2 Å². The normalized spacial score (nSPS) is 14.4. The van der Waals surface area contributed by atoms with Crippen molar-refractivity contribution in [2.75, 3.05) is 28.6 Å². The predicted octanol–water partition coefficient (Wildman–Crippen LogP) is 4.62. The summed E-state index contributed by atoms with van der Waals surface area (Å²) >= 11 is 5.24. The quantitative estimate of drug-likeness (QED) is 0.803. The molecule has 0 aliphatic carbocycles. The van der Waals surface area contributed by atoms with Crippen LogP contribution < -0.4 is 15.5 Å². The van der Waals surface area contributed by atoms with Crippen molar-refractivity contribution in [2.24, 2.45) is 0 Å². The SMILES string of the molecule is Fc1ccccc1NC(=S)Nc1ccc(N2CCCCC2)cc1. The number of nitrogens with zero attached hydrogens (tertiary/aromatic N) is 1. The van der Waals surface area contributed by atoms with E-state index in [1.54, 1.807) is 18.2 Å². The molecule has 1 heterocycles. The standard InChI is InChI=1S/C18H20FN3S/c19-16-6-2-3-7-17(16)21-18(23)20-14-8-10-15(11-9-14)22-12-4-1-5-13-22/h2-3,6-11H,1,4-5,12-13H2,(H2,20,21,23). The van der Waals surface area contributed by atoms with E-state index in [1.165, 1.54) is 31.0 Å². The zero-order chi connectivity index (χ0) is 16.1. The number of thiocarbonyl (C=S) groups is 1. The maximum atomic E-state index is 13.6. The van der Waals surface area contributed by atoms with Gasteiger partial charge in [-0.3, -0.25) is 0 Å². The Labute approximate surface area is 141 Å². The Kier molecular flexibility index (Phi) is 5.08. The number of hydrogen-bond acceptors (Lipinski definition) is 2. The monoisotopic (exact) mass is 329 g/mol. The summed E-state index contributed by atoms with van der Waals surface area (Å²) in [7, 11) is 0. The molecule has 0 amide bonds. The van der Waals surface area contributed by atoms with E-state index in [-0.39, 0.29) is 5.82 Å². The lowest BCUT2D eigenvalue weighted by molar-refractivity contribution is 0.578. The maximum absolute atomic E-state index is 13.6. The summed E-state index contributed by atoms with van der Waals surface area (Å²) in [6.45, 7) is 2.25. The van der Waals surface area contributed by atoms with Gasteiger partial charge >= 0.3 is 0 Å². The Hall–Kier alpha value is -2.14. The first-order chi connectivity index (χ1) is 11.2. The molecule has 1 saturated heterocycles. The Balaban J connectivity index is 1.59. The first kappa shape index (κ1) is 15.7. The van der Waals surface area contributed by atoms with Gasteiger partial charge < -0.3 is 15.5 Å². The van der Waals surface area contributed by atoms with Gasteiger partial charge in [0.1, 0.15) is 5.82 Å². The fourth-order valence-corrected chi connectivity index (χ4v) is 2.98. The number of halogens is 1. The number of piperidine rings is 1. The van der Waals surface area contributed by atoms with Gasteiger partial charge in [0.25, 0.3) is 0 Å². The Bertz CT molecular complexity index is 666. The van der Waals surface area contributed by atoms with E-state index in [1.807, 2.05) is 12.1 Å². The molecule has 0 bridgehead atoms. The minimum atomic E-state index is -0.322. The summed E-state index contributed by atoms with van der Waals surface area (Å²) in [6, 6.07) is 14.7. The van der Waals surface area contributed by atoms with Crippen molar-refractivity contribution in [3.05, 3.63) is 54.3 Å². The van der Waals surface area contributed by atoms with Crippen molar-refractivity contribution in [3.63, 3.8) is 0 Å². The van der Waals surface area contributed by atoms with Crippen LogP contribution in [0.1, 0.15) is 19.3 Å². The number of anilines is 3. The molecule has 2 aromatic rings. The third kappa shape index (κ3) is 4.20. The van der Waals surface area contributed by atoms with E-state index < -0.39 is 0 Å². The fourth-order valence-electron chi connectivity index (χ4n) is 2.75. The van der Waals surface area contributed by atoms with Gasteiger partial charge in [-0.1, -0.05) is 12.1 Å². The maximum Gasteiger partial charge on any atom is 0.175 e. The van der Waals surface area contributed by atoms with E-state index in [0.717, 1.165) is 18.8 Å². The van der Waals surface area contributed by atoms with Crippen LogP contribution in [-0.4, -0.2) is 18.2 Å². The van der Waals surface area contributed by atoms with Gasteiger partial charge in [0.15, 0.2) is 5.11 Å². The molecule has 0 saturated carbocycles. The highest BCUT2D eigenvalue weighted by Gasteiger charge is 2.10. The van der Waals surface area contributed by atoms with Crippen LogP contribution >= 0.6 is 12.2 Å². The van der Waals surface area contributed by atoms with Crippen LogP contribution in [0.3, 0.4) is 0 Å². The molecule has 0 radical (unpaired) electrons. The molecular weight excluding hydrogens is 309 g/mol. The smallest absolute Gasteiger partial charge is 0.175 e. The number of nitrogens with one attached hydrogen (secondary N) is 2. The first-order valence-corrected chi connectivity index (χ1v) is 8.31. The van der Waals surface area contributed by atoms with Gasteiger partial charge in [0.2, 0.25) is 0 Å². The zero-order valence-corrected chi connectivity index (χ0v) is 13.7. The van der Waals surface area contributed by atoms with Crippen LogP contribution in [0.2, 0.25) is 0 Å². The highest BCUT2D eigenvalue weighted by Crippen LogP contribution is 2.22. The van der Waals surface area contributed by atoms with Crippen LogP contribution in [0.15, 0.2) is 48.5 Å². The second-order valence-electron chi connectivity index (χ2n) is 5.65. The first-order valence-electron chi connectivity index (χ1n) is 7.90. The number of hydrogen-bond donors (Lipinski definition) is 2. The lowest BCUT2D eigenvalue weighted by atomic mass is 10.1. The largest absolute Gasteiger partial charge is 0.372 e. The Morgan fingerprint density at radius 3 is 2.30 bits per heavy atom. The molecule has 120 valence electrons. The van der Waals surface area contributed by atoms with Crippen molar-refractivity contribution >= 4 is 34.4 Å². The summed E-state index contributed by atoms with van der Waals surface area (Å²) < 4.78 is 13.6. The molecule has 1 aliphatic heterocycles. The van der Waals surface area contributed by atoms with Gasteiger partial charge in [0.05, 0.1) is 5.69 Å². The molecular formula is C18H20FN3S. The van der Waals surface area contributed by atoms with E-state index in [2.05, 4.69) is 27.7 Å². The van der Waals surface area contributed by atoms with Crippen LogP contribution in [0, 0.1) is 5.82 Å². The number of rotatable bonds is 3. The molecule has 3 rings (SSSR count). The second kappa shape index (κ2) is 7.42. The van der Waals surface area contributed by atoms with Gasteiger partial charge in [-0.2, -0.15) is 0 Å². The molecule has 2 N–H and O–H groups in total. The lowest BCUT2D eigenvalue weighted by Gasteiger charge is -2.28. The number of benzene rings is 2. The topological polar surface area (TPSA) is 27.3 Å². The molecule has 5 heteroatoms. The van der Waals surface area contributed by atoms with Crippen molar-refractivity contribution in [1.82, 2.24) is 0 Å². The van der Waals surface area contributed by atoms with Crippen molar-refractivity contribution in [3.8, 4) is 0 Å². The van der Waals surface area contributed by atoms with Crippen LogP contribution in [0.25, 0.3) is 0 Å². The predicted molar refractivity (Wildman–Crippen MR) is 98.7 cm³/mol. The Morgan fingerprint density at radius 1 is 0.913 bits per heavy atom. The molecule has 23 heavy (non-hydrogen) atoms. The molecule has 1 aliphatic rings. The third-order valence-corrected chi connectivity index (χ3v) is 4.17. The van der Waals surface area contributed by atoms with Gasteiger partial charge in [0, 0.05) is 24.5 Å². The van der Waals surface area contributed by atoms with Crippen molar-refractivity contribution in [2.45, 2.75) is 19.3 Å². The number of para-hydroxylation sites is 1. The summed E-state index contributed by atoms with van der Waals surface area (Å²) in [5, 5.41) is 6.33. The molecule has 1 fully saturated rings. The third-order valence-electron chi connectivity index (χ3n) is 3.97. The molecule has 0 aromatic heterocycles. The lowest BCUT2D eigenvalue weighted by Crippen LogP contribution is -2.29. The minimum absolute atomic E-state index is 0.322. The summed E-state index contributed by atoms with van der Waals surface area (Å²) in [4.78, 5) is 2.41. The average Bonchev–Trinajstić information content (AvgIpc) is 2.58. The molecule has 0 atom stereocenters. The van der Waals surface area contributed by atoms with Gasteiger partial charge in [-0.25, -0.2) is 4.39 Å². The van der Waals surface area contributed by atoms with Crippen molar-refractivity contribution < 1.29 is 4.39 Å². The fraction of sp³-hybridized carbons (Fsp3) is 0.278. The second-order valence-corrected chi connectivity index (χ2v) is 6.06. The van der Waals surface area contributed by atoms with Crippen molar-refractivity contribution in [1.29, 1.82) is 0 Å². The summed E-state index contributed by atoms with van der Waals surface area (Å²) in [5.41, 5.74) is 2.50. The van der Waals surface area contributed by atoms with Gasteiger partial charge in [-0.05, 0) is 67.9 Å². The Morgan fingerprint density at radius 2 is 1.61 bits per heavy atom. The van der Waals surface area contributed by atoms with E-state index in [0.29, 0.717) is 10.8 Å². The van der Waals surface area contributed by atoms with E-state index in [9.17, 15) is 4.39 Å². The van der Waals surface area contributed by atoms with Crippen LogP contribution in [-0.2, 0) is 0 Å². The molecule has 0 spiro atoms. The molecule has 0 unspecified atom stereocenters. The minimum Gasteiger partial charge on any atom is -0.372 e. The highest BCUT2D eigenvalue weighted by atomic mass is 32.1. The zero-order valence-electron chi connectivity index (χ0n) is 12.9.